The summed E-state index contributed by atoms with van der Waals surface area (Å²) in [4.78, 5) is -0.0796. The molecule has 0 bridgehead atoms. The number of hydrogen-bond donors (Lipinski definition) is 1. The Morgan fingerprint density at radius 2 is 1.86 bits per heavy atom. The topological polar surface area (TPSA) is 64.6 Å². The van der Waals surface area contributed by atoms with Crippen molar-refractivity contribution in [2.45, 2.75) is 4.90 Å². The molecule has 0 spiro atoms. The third kappa shape index (κ3) is 3.55. The SMILES string of the molecule is COc1ccc(OC)c(NS(=O)(=O)c2cc(Cl)sc2Cl)c1. The summed E-state index contributed by atoms with van der Waals surface area (Å²) in [6.07, 6.45) is 0. The van der Waals surface area contributed by atoms with Gasteiger partial charge in [0.1, 0.15) is 20.7 Å². The van der Waals surface area contributed by atoms with Crippen molar-refractivity contribution in [3.63, 3.8) is 0 Å². The van der Waals surface area contributed by atoms with Crippen LogP contribution in [0.3, 0.4) is 0 Å². The van der Waals surface area contributed by atoms with Crippen molar-refractivity contribution in [3.8, 4) is 11.5 Å². The predicted molar refractivity (Wildman–Crippen MR) is 84.7 cm³/mol. The molecule has 5 nitrogen and oxygen atoms in total. The number of ether oxygens (including phenoxy) is 2. The first-order valence-corrected chi connectivity index (χ1v) is 8.62. The Kier molecular flexibility index (Phi) is 4.88. The van der Waals surface area contributed by atoms with E-state index in [4.69, 9.17) is 32.7 Å². The summed E-state index contributed by atoms with van der Waals surface area (Å²) in [6, 6.07) is 6.06. The predicted octanol–water partition coefficient (Wildman–Crippen LogP) is 3.87. The molecule has 21 heavy (non-hydrogen) atoms. The third-order valence-corrected chi connectivity index (χ3v) is 5.68. The van der Waals surface area contributed by atoms with Crippen molar-refractivity contribution in [1.29, 1.82) is 0 Å². The first-order chi connectivity index (χ1) is 9.87. The Hall–Kier alpha value is -1.15. The molecule has 0 radical (unpaired) electrons. The Bertz CT molecular complexity index is 759. The van der Waals surface area contributed by atoms with E-state index < -0.39 is 10.0 Å². The lowest BCUT2D eigenvalue weighted by atomic mass is 10.3. The molecule has 1 heterocycles. The van der Waals surface area contributed by atoms with Crippen LogP contribution >= 0.6 is 34.5 Å². The standard InChI is InChI=1S/C12H11Cl2NO4S2/c1-18-7-3-4-9(19-2)8(5-7)15-21(16,17)10-6-11(13)20-12(10)14/h3-6,15H,1-2H3. The Balaban J connectivity index is 2.43. The molecule has 2 rings (SSSR count). The van der Waals surface area contributed by atoms with Crippen LogP contribution in [-0.2, 0) is 10.0 Å². The second-order valence-electron chi connectivity index (χ2n) is 3.86. The molecule has 0 fully saturated rings. The Morgan fingerprint density at radius 3 is 2.38 bits per heavy atom. The highest BCUT2D eigenvalue weighted by atomic mass is 35.5. The van der Waals surface area contributed by atoms with E-state index in [1.165, 1.54) is 26.4 Å². The minimum absolute atomic E-state index is 0.0796. The average Bonchev–Trinajstić information content (AvgIpc) is 2.78. The maximum absolute atomic E-state index is 12.4. The van der Waals surface area contributed by atoms with Crippen LogP contribution in [0.2, 0.25) is 8.67 Å². The summed E-state index contributed by atoms with van der Waals surface area (Å²) < 4.78 is 37.7. The smallest absolute Gasteiger partial charge is 0.264 e. The second-order valence-corrected chi connectivity index (χ2v) is 7.80. The minimum Gasteiger partial charge on any atom is -0.497 e. The van der Waals surface area contributed by atoms with Crippen molar-refractivity contribution < 1.29 is 17.9 Å². The van der Waals surface area contributed by atoms with E-state index in [1.54, 1.807) is 12.1 Å². The Labute approximate surface area is 136 Å². The fourth-order valence-electron chi connectivity index (χ4n) is 1.60. The van der Waals surface area contributed by atoms with Crippen molar-refractivity contribution in [3.05, 3.63) is 32.9 Å². The molecule has 0 saturated heterocycles. The van der Waals surface area contributed by atoms with E-state index >= 15 is 0 Å². The van der Waals surface area contributed by atoms with E-state index in [-0.39, 0.29) is 19.3 Å². The van der Waals surface area contributed by atoms with Crippen LogP contribution in [0.5, 0.6) is 11.5 Å². The van der Waals surface area contributed by atoms with Crippen LogP contribution < -0.4 is 14.2 Å². The number of sulfonamides is 1. The van der Waals surface area contributed by atoms with Gasteiger partial charge in [-0.25, -0.2) is 8.42 Å². The molecule has 114 valence electrons. The van der Waals surface area contributed by atoms with Gasteiger partial charge >= 0.3 is 0 Å². The molecular formula is C12H11Cl2NO4S2. The molecule has 1 N–H and O–H groups in total. The van der Waals surface area contributed by atoms with E-state index in [9.17, 15) is 8.42 Å². The zero-order chi connectivity index (χ0) is 15.6. The van der Waals surface area contributed by atoms with Crippen LogP contribution in [0.25, 0.3) is 0 Å². The van der Waals surface area contributed by atoms with Crippen LogP contribution in [0.15, 0.2) is 29.2 Å². The van der Waals surface area contributed by atoms with E-state index in [0.29, 0.717) is 11.5 Å². The summed E-state index contributed by atoms with van der Waals surface area (Å²) in [5.41, 5.74) is 0.246. The molecule has 0 unspecified atom stereocenters. The number of benzene rings is 1. The Morgan fingerprint density at radius 1 is 1.14 bits per heavy atom. The highest BCUT2D eigenvalue weighted by Crippen LogP contribution is 2.37. The molecule has 0 atom stereocenters. The molecule has 1 aromatic carbocycles. The van der Waals surface area contributed by atoms with Gasteiger partial charge in [0.15, 0.2) is 0 Å². The maximum Gasteiger partial charge on any atom is 0.264 e. The highest BCUT2D eigenvalue weighted by molar-refractivity contribution is 7.93. The van der Waals surface area contributed by atoms with Gasteiger partial charge in [-0.15, -0.1) is 11.3 Å². The summed E-state index contributed by atoms with van der Waals surface area (Å²) in [6.45, 7) is 0. The van der Waals surface area contributed by atoms with Crippen LogP contribution in [0, 0.1) is 0 Å². The number of anilines is 1. The molecular weight excluding hydrogens is 357 g/mol. The van der Waals surface area contributed by atoms with Gasteiger partial charge in [0, 0.05) is 6.07 Å². The third-order valence-electron chi connectivity index (χ3n) is 2.57. The van der Waals surface area contributed by atoms with Crippen molar-refractivity contribution in [2.24, 2.45) is 0 Å². The highest BCUT2D eigenvalue weighted by Gasteiger charge is 2.22. The first-order valence-electron chi connectivity index (χ1n) is 5.57. The summed E-state index contributed by atoms with van der Waals surface area (Å²) in [7, 11) is -0.952. The molecule has 0 amide bonds. The molecule has 0 saturated carbocycles. The lowest BCUT2D eigenvalue weighted by molar-refractivity contribution is 0.405. The zero-order valence-electron chi connectivity index (χ0n) is 11.0. The minimum atomic E-state index is -3.87. The summed E-state index contributed by atoms with van der Waals surface area (Å²) in [5, 5.41) is 0. The van der Waals surface area contributed by atoms with Gasteiger partial charge in [-0.2, -0.15) is 0 Å². The van der Waals surface area contributed by atoms with Crippen LogP contribution in [-0.4, -0.2) is 22.6 Å². The fourth-order valence-corrected chi connectivity index (χ4v) is 4.81. The lowest BCUT2D eigenvalue weighted by Gasteiger charge is -2.12. The summed E-state index contributed by atoms with van der Waals surface area (Å²) >= 11 is 12.6. The van der Waals surface area contributed by atoms with Gasteiger partial charge in [0.05, 0.1) is 24.2 Å². The van der Waals surface area contributed by atoms with Crippen LogP contribution in [0.1, 0.15) is 0 Å². The number of rotatable bonds is 5. The molecule has 0 aliphatic rings. The first kappa shape index (κ1) is 16.2. The number of thiophene rings is 1. The van der Waals surface area contributed by atoms with E-state index in [2.05, 4.69) is 4.72 Å². The van der Waals surface area contributed by atoms with Crippen molar-refractivity contribution in [1.82, 2.24) is 0 Å². The molecule has 1 aromatic heterocycles. The van der Waals surface area contributed by atoms with Crippen molar-refractivity contribution >= 4 is 50.2 Å². The number of hydrogen-bond acceptors (Lipinski definition) is 5. The van der Waals surface area contributed by atoms with Gasteiger partial charge in [-0.3, -0.25) is 4.72 Å². The van der Waals surface area contributed by atoms with Gasteiger partial charge < -0.3 is 9.47 Å². The fraction of sp³-hybridized carbons (Fsp3) is 0.167. The van der Waals surface area contributed by atoms with E-state index in [0.717, 1.165) is 11.3 Å². The van der Waals surface area contributed by atoms with Gasteiger partial charge in [0.25, 0.3) is 10.0 Å². The van der Waals surface area contributed by atoms with Crippen molar-refractivity contribution in [2.75, 3.05) is 18.9 Å². The number of halogens is 2. The lowest BCUT2D eigenvalue weighted by Crippen LogP contribution is -2.13. The van der Waals surface area contributed by atoms with Gasteiger partial charge in [-0.1, -0.05) is 23.2 Å². The normalized spacial score (nSPS) is 11.2. The summed E-state index contributed by atoms with van der Waals surface area (Å²) in [5.74, 6) is 0.847. The zero-order valence-corrected chi connectivity index (χ0v) is 14.2. The monoisotopic (exact) mass is 367 g/mol. The number of nitrogens with one attached hydrogen (secondary N) is 1. The van der Waals surface area contributed by atoms with E-state index in [1.807, 2.05) is 0 Å². The quantitative estimate of drug-likeness (QED) is 0.870. The molecule has 0 aliphatic carbocycles. The molecule has 2 aromatic rings. The molecule has 9 heteroatoms. The average molecular weight is 368 g/mol. The molecule has 0 aliphatic heterocycles. The van der Waals surface area contributed by atoms with Gasteiger partial charge in [-0.05, 0) is 18.2 Å². The number of methoxy groups -OCH3 is 2. The largest absolute Gasteiger partial charge is 0.497 e. The second kappa shape index (κ2) is 6.31. The van der Waals surface area contributed by atoms with Gasteiger partial charge in [0.2, 0.25) is 0 Å². The van der Waals surface area contributed by atoms with Crippen LogP contribution in [0.4, 0.5) is 5.69 Å². The maximum atomic E-state index is 12.4.